The number of carbonyl (C=O) groups is 2. The van der Waals surface area contributed by atoms with Gasteiger partial charge in [-0.1, -0.05) is 6.07 Å². The van der Waals surface area contributed by atoms with Crippen LogP contribution in [0.3, 0.4) is 0 Å². The van der Waals surface area contributed by atoms with E-state index in [1.807, 2.05) is 23.6 Å². The van der Waals surface area contributed by atoms with Gasteiger partial charge in [0.1, 0.15) is 0 Å². The summed E-state index contributed by atoms with van der Waals surface area (Å²) in [6.45, 7) is 0. The highest BCUT2D eigenvalue weighted by Gasteiger charge is 2.13. The minimum absolute atomic E-state index is 0.421. The molecule has 2 aromatic heterocycles. The molecule has 0 spiro atoms. The van der Waals surface area contributed by atoms with Crippen LogP contribution in [0.4, 0.5) is 0 Å². The highest BCUT2D eigenvalue weighted by atomic mass is 32.1. The average molecular weight is 294 g/mol. The molecule has 0 radical (unpaired) electrons. The molecule has 2 aromatic rings. The highest BCUT2D eigenvalue weighted by molar-refractivity contribution is 7.22. The predicted molar refractivity (Wildman–Crippen MR) is 74.7 cm³/mol. The van der Waals surface area contributed by atoms with Crippen LogP contribution in [0.1, 0.15) is 9.67 Å². The molecule has 0 aliphatic rings. The van der Waals surface area contributed by atoms with E-state index in [1.54, 1.807) is 17.4 Å². The molecule has 0 bridgehead atoms. The lowest BCUT2D eigenvalue weighted by Gasteiger charge is -1.96. The number of ether oxygens (including phenoxy) is 1. The second kappa shape index (κ2) is 5.81. The molecule has 6 heteroatoms. The van der Waals surface area contributed by atoms with Crippen LogP contribution in [0.5, 0.6) is 0 Å². The van der Waals surface area contributed by atoms with E-state index in [2.05, 4.69) is 4.74 Å². The zero-order valence-corrected chi connectivity index (χ0v) is 11.6. The van der Waals surface area contributed by atoms with Gasteiger partial charge in [-0.25, -0.2) is 4.79 Å². The number of aliphatic hydroxyl groups is 1. The van der Waals surface area contributed by atoms with Crippen molar-refractivity contribution in [2.75, 3.05) is 7.11 Å². The van der Waals surface area contributed by atoms with Crippen LogP contribution in [-0.4, -0.2) is 24.0 Å². The molecule has 0 fully saturated rings. The molecule has 4 nitrogen and oxygen atoms in total. The molecule has 98 valence electrons. The van der Waals surface area contributed by atoms with E-state index in [0.717, 1.165) is 22.9 Å². The summed E-state index contributed by atoms with van der Waals surface area (Å²) in [7, 11) is 1.14. The first-order valence-electron chi connectivity index (χ1n) is 5.29. The van der Waals surface area contributed by atoms with Gasteiger partial charge in [-0.2, -0.15) is 0 Å². The molecule has 0 atom stereocenters. The quantitative estimate of drug-likeness (QED) is 0.407. The van der Waals surface area contributed by atoms with Crippen LogP contribution < -0.4 is 0 Å². The Hall–Kier alpha value is -1.92. The summed E-state index contributed by atoms with van der Waals surface area (Å²) in [6, 6.07) is 7.41. The number of esters is 1. The topological polar surface area (TPSA) is 63.6 Å². The first kappa shape index (κ1) is 13.5. The third-order valence-electron chi connectivity index (χ3n) is 2.28. The van der Waals surface area contributed by atoms with Crippen molar-refractivity contribution in [3.8, 4) is 9.75 Å². The summed E-state index contributed by atoms with van der Waals surface area (Å²) in [6.07, 6.45) is 0.871. The number of carbonyl (C=O) groups excluding carboxylic acids is 2. The molecule has 0 aliphatic heterocycles. The van der Waals surface area contributed by atoms with Gasteiger partial charge in [-0.3, -0.25) is 4.79 Å². The average Bonchev–Trinajstić information content (AvgIpc) is 3.07. The van der Waals surface area contributed by atoms with Gasteiger partial charge in [0.15, 0.2) is 5.78 Å². The highest BCUT2D eigenvalue weighted by Crippen LogP contribution is 2.31. The second-order valence-corrected chi connectivity index (χ2v) is 5.56. The van der Waals surface area contributed by atoms with E-state index in [0.29, 0.717) is 4.88 Å². The Balaban J connectivity index is 2.19. The van der Waals surface area contributed by atoms with Gasteiger partial charge < -0.3 is 9.84 Å². The van der Waals surface area contributed by atoms with Gasteiger partial charge in [0.2, 0.25) is 5.76 Å². The molecule has 2 heterocycles. The first-order valence-corrected chi connectivity index (χ1v) is 6.98. The predicted octanol–water partition coefficient (Wildman–Crippen LogP) is 3.27. The Bertz CT molecular complexity index is 623. The summed E-state index contributed by atoms with van der Waals surface area (Å²) in [4.78, 5) is 25.3. The fraction of sp³-hybridized carbons (Fsp3) is 0.0769. The van der Waals surface area contributed by atoms with Crippen molar-refractivity contribution in [1.82, 2.24) is 0 Å². The number of allylic oxidation sites excluding steroid dienone is 1. The Labute approximate surface area is 117 Å². The number of thiophene rings is 2. The molecule has 1 N–H and O–H groups in total. The number of methoxy groups -OCH3 is 1. The molecular weight excluding hydrogens is 284 g/mol. The van der Waals surface area contributed by atoms with Crippen LogP contribution in [0.2, 0.25) is 0 Å². The fourth-order valence-electron chi connectivity index (χ4n) is 1.38. The zero-order chi connectivity index (χ0) is 13.8. The maximum absolute atomic E-state index is 11.8. The van der Waals surface area contributed by atoms with Crippen LogP contribution in [-0.2, 0) is 9.53 Å². The number of aliphatic hydroxyl groups excluding tert-OH is 1. The van der Waals surface area contributed by atoms with Crippen molar-refractivity contribution in [3.05, 3.63) is 46.4 Å². The molecule has 0 amide bonds. The lowest BCUT2D eigenvalue weighted by molar-refractivity contribution is -0.139. The SMILES string of the molecule is COC(=O)/C(O)=C/C(=O)c1ccc(-c2cccs2)s1. The number of hydrogen-bond acceptors (Lipinski definition) is 6. The van der Waals surface area contributed by atoms with Crippen LogP contribution >= 0.6 is 22.7 Å². The zero-order valence-electron chi connectivity index (χ0n) is 9.95. The van der Waals surface area contributed by atoms with E-state index in [-0.39, 0.29) is 0 Å². The van der Waals surface area contributed by atoms with Crippen LogP contribution in [0.15, 0.2) is 41.5 Å². The number of rotatable bonds is 4. The maximum atomic E-state index is 11.8. The van der Waals surface area contributed by atoms with Gasteiger partial charge >= 0.3 is 5.97 Å². The Morgan fingerprint density at radius 1 is 1.26 bits per heavy atom. The summed E-state index contributed by atoms with van der Waals surface area (Å²) in [5, 5.41) is 11.3. The van der Waals surface area contributed by atoms with Crippen molar-refractivity contribution in [1.29, 1.82) is 0 Å². The van der Waals surface area contributed by atoms with Crippen LogP contribution in [0, 0.1) is 0 Å². The van der Waals surface area contributed by atoms with Gasteiger partial charge in [-0.05, 0) is 23.6 Å². The third kappa shape index (κ3) is 3.10. The molecule has 2 rings (SSSR count). The third-order valence-corrected chi connectivity index (χ3v) is 4.44. The molecule has 0 saturated carbocycles. The van der Waals surface area contributed by atoms with Crippen molar-refractivity contribution in [3.63, 3.8) is 0 Å². The Morgan fingerprint density at radius 2 is 2.05 bits per heavy atom. The van der Waals surface area contributed by atoms with Gasteiger partial charge in [0.05, 0.1) is 12.0 Å². The summed E-state index contributed by atoms with van der Waals surface area (Å²) < 4.78 is 4.31. The van der Waals surface area contributed by atoms with Crippen molar-refractivity contribution >= 4 is 34.4 Å². The van der Waals surface area contributed by atoms with Gasteiger partial charge in [0.25, 0.3) is 0 Å². The lowest BCUT2D eigenvalue weighted by Crippen LogP contribution is -2.06. The first-order chi connectivity index (χ1) is 9.11. The van der Waals surface area contributed by atoms with E-state index < -0.39 is 17.5 Å². The molecule has 0 saturated heterocycles. The minimum Gasteiger partial charge on any atom is -0.502 e. The number of hydrogen-bond donors (Lipinski definition) is 1. The van der Waals surface area contributed by atoms with Crippen molar-refractivity contribution in [2.24, 2.45) is 0 Å². The summed E-state index contributed by atoms with van der Waals surface area (Å²) >= 11 is 2.90. The van der Waals surface area contributed by atoms with Crippen molar-refractivity contribution < 1.29 is 19.4 Å². The molecule has 19 heavy (non-hydrogen) atoms. The Kier molecular flexibility index (Phi) is 4.13. The number of ketones is 1. The molecule has 0 aliphatic carbocycles. The maximum Gasteiger partial charge on any atom is 0.373 e. The van der Waals surface area contributed by atoms with Gasteiger partial charge in [-0.15, -0.1) is 22.7 Å². The van der Waals surface area contributed by atoms with E-state index >= 15 is 0 Å². The fourth-order valence-corrected chi connectivity index (χ4v) is 3.13. The summed E-state index contributed by atoms with van der Waals surface area (Å²) in [5.41, 5.74) is 0. The van der Waals surface area contributed by atoms with Gasteiger partial charge in [0, 0.05) is 15.8 Å². The van der Waals surface area contributed by atoms with E-state index in [9.17, 15) is 14.7 Å². The molecular formula is C13H10O4S2. The van der Waals surface area contributed by atoms with Crippen LogP contribution in [0.25, 0.3) is 9.75 Å². The normalized spacial score (nSPS) is 11.3. The second-order valence-electron chi connectivity index (χ2n) is 3.53. The minimum atomic E-state index is -0.927. The standard InChI is InChI=1S/C13H10O4S2/c1-17-13(16)9(15)7-8(14)10-4-5-12(19-10)11-3-2-6-18-11/h2-7,15H,1H3/b9-7-. The van der Waals surface area contributed by atoms with E-state index in [1.165, 1.54) is 11.3 Å². The summed E-state index contributed by atoms with van der Waals surface area (Å²) in [5.74, 6) is -2.04. The van der Waals surface area contributed by atoms with Crippen molar-refractivity contribution in [2.45, 2.75) is 0 Å². The molecule has 0 unspecified atom stereocenters. The lowest BCUT2D eigenvalue weighted by atomic mass is 10.2. The monoisotopic (exact) mass is 294 g/mol. The smallest absolute Gasteiger partial charge is 0.373 e. The van der Waals surface area contributed by atoms with E-state index in [4.69, 9.17) is 0 Å². The Morgan fingerprint density at radius 3 is 2.68 bits per heavy atom. The molecule has 0 aromatic carbocycles. The largest absolute Gasteiger partial charge is 0.502 e.